The highest BCUT2D eigenvalue weighted by molar-refractivity contribution is 6.58. The van der Waals surface area contributed by atoms with E-state index < -0.39 is 7.12 Å². The third-order valence-corrected chi connectivity index (χ3v) is 2.55. The smallest absolute Gasteiger partial charge is 0.423 e. The maximum Gasteiger partial charge on any atom is 0.488 e. The van der Waals surface area contributed by atoms with Crippen molar-refractivity contribution < 1.29 is 10.0 Å². The first-order valence-corrected chi connectivity index (χ1v) is 5.49. The van der Waals surface area contributed by atoms with E-state index in [2.05, 4.69) is 17.4 Å². The highest BCUT2D eigenvalue weighted by atomic mass is 16.4. The zero-order chi connectivity index (χ0) is 12.1. The maximum absolute atomic E-state index is 8.96. The van der Waals surface area contributed by atoms with Crippen LogP contribution in [0.1, 0.15) is 5.56 Å². The van der Waals surface area contributed by atoms with Crippen LogP contribution in [0.4, 0.5) is 5.69 Å². The fraction of sp³-hybridized carbons (Fsp3) is 0.0769. The fourth-order valence-corrected chi connectivity index (χ4v) is 1.57. The van der Waals surface area contributed by atoms with Crippen molar-refractivity contribution in [1.29, 1.82) is 0 Å². The van der Waals surface area contributed by atoms with Gasteiger partial charge in [0.1, 0.15) is 0 Å². The Morgan fingerprint density at radius 2 is 1.53 bits per heavy atom. The molecular formula is C13H14BNO2. The Morgan fingerprint density at radius 3 is 2.12 bits per heavy atom. The third-order valence-electron chi connectivity index (χ3n) is 2.55. The van der Waals surface area contributed by atoms with Crippen LogP contribution in [-0.2, 0) is 6.54 Å². The van der Waals surface area contributed by atoms with Gasteiger partial charge < -0.3 is 15.4 Å². The summed E-state index contributed by atoms with van der Waals surface area (Å²) in [6.45, 7) is 0.752. The molecule has 2 aromatic carbocycles. The van der Waals surface area contributed by atoms with Crippen molar-refractivity contribution in [3.05, 3.63) is 60.2 Å². The topological polar surface area (TPSA) is 52.5 Å². The summed E-state index contributed by atoms with van der Waals surface area (Å²) < 4.78 is 0. The molecule has 17 heavy (non-hydrogen) atoms. The van der Waals surface area contributed by atoms with Gasteiger partial charge in [0.2, 0.25) is 0 Å². The van der Waals surface area contributed by atoms with Crippen LogP contribution in [-0.4, -0.2) is 17.2 Å². The Bertz CT molecular complexity index is 457. The van der Waals surface area contributed by atoms with Gasteiger partial charge in [-0.25, -0.2) is 0 Å². The van der Waals surface area contributed by atoms with Gasteiger partial charge in [-0.1, -0.05) is 42.5 Å². The van der Waals surface area contributed by atoms with Crippen molar-refractivity contribution in [2.45, 2.75) is 6.54 Å². The molecule has 0 fully saturated rings. The number of benzene rings is 2. The van der Waals surface area contributed by atoms with Crippen LogP contribution in [0.3, 0.4) is 0 Å². The molecule has 3 N–H and O–H groups in total. The molecule has 0 bridgehead atoms. The normalized spacial score (nSPS) is 10.0. The summed E-state index contributed by atoms with van der Waals surface area (Å²) in [6.07, 6.45) is 0. The van der Waals surface area contributed by atoms with Gasteiger partial charge in [-0.2, -0.15) is 0 Å². The predicted molar refractivity (Wildman–Crippen MR) is 70.0 cm³/mol. The van der Waals surface area contributed by atoms with Crippen molar-refractivity contribution in [3.63, 3.8) is 0 Å². The molecule has 0 aliphatic rings. The van der Waals surface area contributed by atoms with Crippen LogP contribution in [0.25, 0.3) is 0 Å². The van der Waals surface area contributed by atoms with E-state index in [-0.39, 0.29) is 0 Å². The second-order valence-corrected chi connectivity index (χ2v) is 3.83. The molecule has 0 spiro atoms. The van der Waals surface area contributed by atoms with E-state index in [9.17, 15) is 0 Å². The second-order valence-electron chi connectivity index (χ2n) is 3.83. The molecule has 3 nitrogen and oxygen atoms in total. The van der Waals surface area contributed by atoms with E-state index in [1.807, 2.05) is 30.3 Å². The van der Waals surface area contributed by atoms with E-state index in [4.69, 9.17) is 10.0 Å². The molecule has 4 heteroatoms. The van der Waals surface area contributed by atoms with Crippen molar-refractivity contribution >= 4 is 18.3 Å². The molecule has 0 unspecified atom stereocenters. The Kier molecular flexibility index (Phi) is 3.80. The van der Waals surface area contributed by atoms with Gasteiger partial charge in [0.25, 0.3) is 0 Å². The third kappa shape index (κ3) is 3.34. The molecule has 0 heterocycles. The van der Waals surface area contributed by atoms with Crippen molar-refractivity contribution in [3.8, 4) is 0 Å². The van der Waals surface area contributed by atoms with Crippen molar-refractivity contribution in [1.82, 2.24) is 0 Å². The van der Waals surface area contributed by atoms with Gasteiger partial charge in [-0.15, -0.1) is 0 Å². The number of nitrogens with one attached hydrogen (secondary N) is 1. The monoisotopic (exact) mass is 227 g/mol. The van der Waals surface area contributed by atoms with Gasteiger partial charge in [-0.3, -0.25) is 0 Å². The van der Waals surface area contributed by atoms with Crippen molar-refractivity contribution in [2.75, 3.05) is 5.32 Å². The lowest BCUT2D eigenvalue weighted by Crippen LogP contribution is -2.29. The summed E-state index contributed by atoms with van der Waals surface area (Å²) in [5.74, 6) is 0. The predicted octanol–water partition coefficient (Wildman–Crippen LogP) is 0.978. The Labute approximate surface area is 101 Å². The number of rotatable bonds is 4. The number of hydrogen-bond donors (Lipinski definition) is 3. The Balaban J connectivity index is 1.96. The average molecular weight is 227 g/mol. The van der Waals surface area contributed by atoms with Crippen LogP contribution in [0.5, 0.6) is 0 Å². The lowest BCUT2D eigenvalue weighted by Gasteiger charge is -2.07. The molecule has 86 valence electrons. The highest BCUT2D eigenvalue weighted by Crippen LogP contribution is 2.07. The first kappa shape index (κ1) is 11.7. The molecule has 0 saturated heterocycles. The Hall–Kier alpha value is -1.78. The van der Waals surface area contributed by atoms with Gasteiger partial charge in [0.15, 0.2) is 0 Å². The van der Waals surface area contributed by atoms with Crippen LogP contribution in [0, 0.1) is 0 Å². The summed E-state index contributed by atoms with van der Waals surface area (Å²) in [5.41, 5.74) is 2.66. The molecule has 0 aromatic heterocycles. The van der Waals surface area contributed by atoms with Gasteiger partial charge in [0.05, 0.1) is 0 Å². The summed E-state index contributed by atoms with van der Waals surface area (Å²) >= 11 is 0. The molecular weight excluding hydrogens is 213 g/mol. The van der Waals surface area contributed by atoms with Crippen LogP contribution in [0.15, 0.2) is 54.6 Å². The molecule has 2 aromatic rings. The van der Waals surface area contributed by atoms with Crippen LogP contribution in [0.2, 0.25) is 0 Å². The largest absolute Gasteiger partial charge is 0.488 e. The summed E-state index contributed by atoms with van der Waals surface area (Å²) in [7, 11) is -1.40. The van der Waals surface area contributed by atoms with E-state index in [0.717, 1.165) is 12.2 Å². The van der Waals surface area contributed by atoms with E-state index in [1.165, 1.54) is 5.56 Å². The molecule has 0 saturated carbocycles. The molecule has 0 amide bonds. The molecule has 0 radical (unpaired) electrons. The summed E-state index contributed by atoms with van der Waals surface area (Å²) in [4.78, 5) is 0. The lowest BCUT2D eigenvalue weighted by atomic mass is 9.80. The van der Waals surface area contributed by atoms with E-state index >= 15 is 0 Å². The first-order valence-electron chi connectivity index (χ1n) is 5.49. The standard InChI is InChI=1S/C13H14BNO2/c16-14(17)12-6-8-13(9-7-12)15-10-11-4-2-1-3-5-11/h1-9,15-17H,10H2. The average Bonchev–Trinajstić information content (AvgIpc) is 2.38. The zero-order valence-corrected chi connectivity index (χ0v) is 9.38. The quantitative estimate of drug-likeness (QED) is 0.682. The first-order chi connectivity index (χ1) is 8.25. The molecule has 0 atom stereocenters. The molecule has 0 aliphatic carbocycles. The minimum atomic E-state index is -1.40. The minimum absolute atomic E-state index is 0.496. The van der Waals surface area contributed by atoms with Crippen molar-refractivity contribution in [2.24, 2.45) is 0 Å². The summed E-state index contributed by atoms with van der Waals surface area (Å²) in [6, 6.07) is 17.1. The minimum Gasteiger partial charge on any atom is -0.423 e. The number of hydrogen-bond acceptors (Lipinski definition) is 3. The van der Waals surface area contributed by atoms with E-state index in [0.29, 0.717) is 5.46 Å². The van der Waals surface area contributed by atoms with Gasteiger partial charge in [0, 0.05) is 12.2 Å². The lowest BCUT2D eigenvalue weighted by molar-refractivity contribution is 0.426. The highest BCUT2D eigenvalue weighted by Gasteiger charge is 2.09. The van der Waals surface area contributed by atoms with Gasteiger partial charge in [-0.05, 0) is 23.2 Å². The Morgan fingerprint density at radius 1 is 0.882 bits per heavy atom. The second kappa shape index (κ2) is 5.52. The van der Waals surface area contributed by atoms with Crippen LogP contribution >= 0.6 is 0 Å². The zero-order valence-electron chi connectivity index (χ0n) is 9.38. The van der Waals surface area contributed by atoms with Crippen LogP contribution < -0.4 is 10.8 Å². The molecule has 2 rings (SSSR count). The van der Waals surface area contributed by atoms with Gasteiger partial charge >= 0.3 is 7.12 Å². The number of anilines is 1. The van der Waals surface area contributed by atoms with E-state index in [1.54, 1.807) is 12.1 Å². The fourth-order valence-electron chi connectivity index (χ4n) is 1.57. The SMILES string of the molecule is OB(O)c1ccc(NCc2ccccc2)cc1. The summed E-state index contributed by atoms with van der Waals surface area (Å²) in [5, 5.41) is 21.2. The maximum atomic E-state index is 8.96. The molecule has 0 aliphatic heterocycles.